The highest BCUT2D eigenvalue weighted by molar-refractivity contribution is 7.16. The number of aliphatic carboxylic acids is 1. The molecule has 2 aromatic heterocycles. The second-order valence-corrected chi connectivity index (χ2v) is 8.06. The molecular weight excluding hydrogens is 288 g/mol. The van der Waals surface area contributed by atoms with Gasteiger partial charge in [-0.1, -0.05) is 46.0 Å². The van der Waals surface area contributed by atoms with Crippen LogP contribution >= 0.6 is 11.3 Å². The van der Waals surface area contributed by atoms with Crippen LogP contribution in [0, 0.1) is 11.3 Å². The smallest absolute Gasteiger partial charge is 0.310 e. The van der Waals surface area contributed by atoms with Gasteiger partial charge in [0.05, 0.1) is 5.41 Å². The fourth-order valence-electron chi connectivity index (χ4n) is 2.04. The molecule has 0 aromatic carbocycles. The quantitative estimate of drug-likeness (QED) is 0.939. The standard InChI is InChI=1S/C14H22N4O2S/c1-8(2)14(6,11(19)20)7-9-17-18-10(13(3,4)5)15-16-12(18)21-9/h8H,7H2,1-6H3,(H,19,20). The van der Waals surface area contributed by atoms with Crippen LogP contribution in [0.3, 0.4) is 0 Å². The average Bonchev–Trinajstić information content (AvgIpc) is 2.85. The summed E-state index contributed by atoms with van der Waals surface area (Å²) < 4.78 is 1.74. The van der Waals surface area contributed by atoms with Gasteiger partial charge < -0.3 is 5.11 Å². The lowest BCUT2D eigenvalue weighted by Crippen LogP contribution is -2.35. The van der Waals surface area contributed by atoms with Gasteiger partial charge in [-0.25, -0.2) is 0 Å². The molecule has 0 amide bonds. The van der Waals surface area contributed by atoms with Crippen LogP contribution < -0.4 is 0 Å². The van der Waals surface area contributed by atoms with E-state index in [9.17, 15) is 9.90 Å². The fourth-order valence-corrected chi connectivity index (χ4v) is 3.04. The van der Waals surface area contributed by atoms with Crippen LogP contribution in [0.4, 0.5) is 0 Å². The molecule has 0 fully saturated rings. The minimum atomic E-state index is -0.828. The van der Waals surface area contributed by atoms with E-state index in [1.54, 1.807) is 11.4 Å². The Bertz CT molecular complexity index is 668. The van der Waals surface area contributed by atoms with Crippen molar-refractivity contribution in [3.05, 3.63) is 10.8 Å². The number of hydrogen-bond donors (Lipinski definition) is 1. The van der Waals surface area contributed by atoms with Gasteiger partial charge in [0, 0.05) is 11.8 Å². The summed E-state index contributed by atoms with van der Waals surface area (Å²) in [5.41, 5.74) is -0.982. The average molecular weight is 310 g/mol. The van der Waals surface area contributed by atoms with E-state index in [1.165, 1.54) is 11.3 Å². The molecule has 2 rings (SSSR count). The zero-order valence-electron chi connectivity index (χ0n) is 13.3. The zero-order chi connectivity index (χ0) is 16.0. The van der Waals surface area contributed by atoms with Crippen molar-refractivity contribution in [3.8, 4) is 0 Å². The van der Waals surface area contributed by atoms with Gasteiger partial charge in [-0.2, -0.15) is 9.61 Å². The summed E-state index contributed by atoms with van der Waals surface area (Å²) in [4.78, 5) is 12.3. The molecule has 7 heteroatoms. The highest BCUT2D eigenvalue weighted by atomic mass is 32.1. The molecule has 0 bridgehead atoms. The van der Waals surface area contributed by atoms with Gasteiger partial charge in [0.25, 0.3) is 0 Å². The third-order valence-electron chi connectivity index (χ3n) is 3.98. The molecule has 116 valence electrons. The molecule has 2 heterocycles. The Morgan fingerprint density at radius 2 is 1.90 bits per heavy atom. The summed E-state index contributed by atoms with van der Waals surface area (Å²) in [6.07, 6.45) is 0.400. The van der Waals surface area contributed by atoms with E-state index in [1.807, 2.05) is 13.8 Å². The summed E-state index contributed by atoms with van der Waals surface area (Å²) in [5, 5.41) is 23.2. The predicted molar refractivity (Wildman–Crippen MR) is 81.6 cm³/mol. The Labute approximate surface area is 128 Å². The van der Waals surface area contributed by atoms with Crippen molar-refractivity contribution in [2.24, 2.45) is 11.3 Å². The number of aromatic nitrogens is 4. The third-order valence-corrected chi connectivity index (χ3v) is 4.88. The van der Waals surface area contributed by atoms with Crippen LogP contribution in [0.5, 0.6) is 0 Å². The molecule has 0 aliphatic heterocycles. The van der Waals surface area contributed by atoms with Crippen LogP contribution in [0.15, 0.2) is 0 Å². The van der Waals surface area contributed by atoms with Crippen molar-refractivity contribution >= 4 is 22.3 Å². The molecular formula is C14H22N4O2S. The normalized spacial score (nSPS) is 15.6. The van der Waals surface area contributed by atoms with Crippen LogP contribution in [-0.4, -0.2) is 30.9 Å². The maximum atomic E-state index is 11.6. The number of rotatable bonds is 4. The van der Waals surface area contributed by atoms with E-state index in [0.29, 0.717) is 11.4 Å². The second kappa shape index (κ2) is 5.05. The first-order chi connectivity index (χ1) is 9.55. The minimum absolute atomic E-state index is 0.0198. The van der Waals surface area contributed by atoms with E-state index in [-0.39, 0.29) is 11.3 Å². The highest BCUT2D eigenvalue weighted by Gasteiger charge is 2.38. The topological polar surface area (TPSA) is 80.4 Å². The Kier molecular flexibility index (Phi) is 3.82. The molecule has 1 atom stereocenters. The van der Waals surface area contributed by atoms with Crippen molar-refractivity contribution in [1.82, 2.24) is 19.8 Å². The summed E-state index contributed by atoms with van der Waals surface area (Å²) in [5.74, 6) is 0.0209. The largest absolute Gasteiger partial charge is 0.481 e. The first kappa shape index (κ1) is 15.9. The van der Waals surface area contributed by atoms with Gasteiger partial charge >= 0.3 is 5.97 Å². The van der Waals surface area contributed by atoms with Crippen LogP contribution in [-0.2, 0) is 16.6 Å². The first-order valence-corrected chi connectivity index (χ1v) is 7.82. The summed E-state index contributed by atoms with van der Waals surface area (Å²) in [7, 11) is 0. The third kappa shape index (κ3) is 2.79. The van der Waals surface area contributed by atoms with Crippen molar-refractivity contribution in [3.63, 3.8) is 0 Å². The number of fused-ring (bicyclic) bond motifs is 1. The summed E-state index contributed by atoms with van der Waals surface area (Å²) in [6.45, 7) is 11.8. The molecule has 6 nitrogen and oxygen atoms in total. The van der Waals surface area contributed by atoms with Crippen molar-refractivity contribution in [2.45, 2.75) is 53.4 Å². The lowest BCUT2D eigenvalue weighted by molar-refractivity contribution is -0.150. The van der Waals surface area contributed by atoms with Gasteiger partial charge in [0.15, 0.2) is 5.82 Å². The van der Waals surface area contributed by atoms with Gasteiger partial charge in [-0.3, -0.25) is 4.79 Å². The molecule has 2 aromatic rings. The van der Waals surface area contributed by atoms with Crippen LogP contribution in [0.2, 0.25) is 0 Å². The van der Waals surface area contributed by atoms with E-state index >= 15 is 0 Å². The van der Waals surface area contributed by atoms with Crippen LogP contribution in [0.25, 0.3) is 4.96 Å². The Morgan fingerprint density at radius 1 is 1.29 bits per heavy atom. The SMILES string of the molecule is CC(C)C(C)(Cc1nn2c(C(C)(C)C)nnc2s1)C(=O)O. The molecule has 0 radical (unpaired) electrons. The molecule has 1 unspecified atom stereocenters. The molecule has 1 N–H and O–H groups in total. The number of hydrogen-bond acceptors (Lipinski definition) is 5. The lowest BCUT2D eigenvalue weighted by atomic mass is 9.76. The number of carboxylic acid groups (broad SMARTS) is 1. The van der Waals surface area contributed by atoms with Gasteiger partial charge in [0.1, 0.15) is 5.01 Å². The molecule has 0 saturated carbocycles. The Morgan fingerprint density at radius 3 is 2.38 bits per heavy atom. The molecule has 0 spiro atoms. The minimum Gasteiger partial charge on any atom is -0.481 e. The second-order valence-electron chi connectivity index (χ2n) is 7.02. The number of carboxylic acids is 1. The van der Waals surface area contributed by atoms with Gasteiger partial charge in [-0.05, 0) is 12.8 Å². The Hall–Kier alpha value is -1.50. The lowest BCUT2D eigenvalue weighted by Gasteiger charge is -2.27. The van der Waals surface area contributed by atoms with E-state index in [2.05, 4.69) is 36.1 Å². The first-order valence-electron chi connectivity index (χ1n) is 7.00. The molecule has 21 heavy (non-hydrogen) atoms. The van der Waals surface area contributed by atoms with Gasteiger partial charge in [-0.15, -0.1) is 10.2 Å². The maximum Gasteiger partial charge on any atom is 0.310 e. The fraction of sp³-hybridized carbons (Fsp3) is 0.714. The number of nitrogens with zero attached hydrogens (tertiary/aromatic N) is 4. The van der Waals surface area contributed by atoms with Crippen molar-refractivity contribution in [1.29, 1.82) is 0 Å². The number of carbonyl (C=O) groups is 1. The maximum absolute atomic E-state index is 11.6. The zero-order valence-corrected chi connectivity index (χ0v) is 14.2. The van der Waals surface area contributed by atoms with Crippen LogP contribution in [0.1, 0.15) is 52.4 Å². The molecule has 0 aliphatic carbocycles. The molecule has 0 saturated heterocycles. The van der Waals surface area contributed by atoms with E-state index in [4.69, 9.17) is 0 Å². The Balaban J connectivity index is 2.41. The van der Waals surface area contributed by atoms with Crippen molar-refractivity contribution in [2.75, 3.05) is 0 Å². The predicted octanol–water partition coefficient (Wildman–Crippen LogP) is 2.77. The summed E-state index contributed by atoms with van der Waals surface area (Å²) in [6, 6.07) is 0. The summed E-state index contributed by atoms with van der Waals surface area (Å²) >= 11 is 1.41. The highest BCUT2D eigenvalue weighted by Crippen LogP contribution is 2.33. The van der Waals surface area contributed by atoms with E-state index < -0.39 is 11.4 Å². The van der Waals surface area contributed by atoms with E-state index in [0.717, 1.165) is 10.8 Å². The monoisotopic (exact) mass is 310 g/mol. The van der Waals surface area contributed by atoms with Crippen molar-refractivity contribution < 1.29 is 9.90 Å². The molecule has 0 aliphatic rings. The van der Waals surface area contributed by atoms with Gasteiger partial charge in [0.2, 0.25) is 4.96 Å².